The van der Waals surface area contributed by atoms with Crippen LogP contribution >= 0.6 is 23.2 Å². The molecule has 4 nitrogen and oxygen atoms in total. The summed E-state index contributed by atoms with van der Waals surface area (Å²) in [6.45, 7) is 0. The molecule has 2 N–H and O–H groups in total. The van der Waals surface area contributed by atoms with Crippen molar-refractivity contribution in [3.05, 3.63) is 34.3 Å². The highest BCUT2D eigenvalue weighted by molar-refractivity contribution is 6.69. The van der Waals surface area contributed by atoms with Crippen molar-refractivity contribution in [2.75, 3.05) is 0 Å². The third kappa shape index (κ3) is 2.90. The lowest BCUT2D eigenvalue weighted by Gasteiger charge is -2.06. The first-order chi connectivity index (χ1) is 8.11. The van der Waals surface area contributed by atoms with Crippen molar-refractivity contribution in [2.45, 2.75) is 18.9 Å². The zero-order valence-corrected chi connectivity index (χ0v) is 10.3. The average Bonchev–Trinajstić information content (AvgIpc) is 3.12. The van der Waals surface area contributed by atoms with E-state index in [4.69, 9.17) is 28.4 Å². The van der Waals surface area contributed by atoms with Crippen LogP contribution in [-0.2, 0) is 0 Å². The molecule has 1 aliphatic rings. The second kappa shape index (κ2) is 4.94. The van der Waals surface area contributed by atoms with Crippen molar-refractivity contribution < 1.29 is 10.0 Å². The summed E-state index contributed by atoms with van der Waals surface area (Å²) < 4.78 is 0. The zero-order valence-electron chi connectivity index (χ0n) is 8.78. The van der Waals surface area contributed by atoms with E-state index in [1.165, 1.54) is 6.07 Å². The predicted molar refractivity (Wildman–Crippen MR) is 66.1 cm³/mol. The van der Waals surface area contributed by atoms with Crippen LogP contribution in [0.4, 0.5) is 0 Å². The standard InChI is InChI=1S/C11H10Cl2N2O2/c12-9-4-1-6(10(13)15-17)5-8(9)11(16)14-7-2-3-7/h1,4-5,7,17H,2-3H2,(H,14,16)/b15-10-. The van der Waals surface area contributed by atoms with E-state index in [-0.39, 0.29) is 17.1 Å². The van der Waals surface area contributed by atoms with Gasteiger partial charge in [0.05, 0.1) is 10.6 Å². The smallest absolute Gasteiger partial charge is 0.253 e. The normalized spacial score (nSPS) is 15.8. The molecule has 17 heavy (non-hydrogen) atoms. The summed E-state index contributed by atoms with van der Waals surface area (Å²) in [7, 11) is 0. The van der Waals surface area contributed by atoms with Crippen molar-refractivity contribution in [1.29, 1.82) is 0 Å². The maximum atomic E-state index is 11.8. The number of benzene rings is 1. The van der Waals surface area contributed by atoms with Gasteiger partial charge in [0.25, 0.3) is 5.91 Å². The van der Waals surface area contributed by atoms with Crippen LogP contribution in [0.15, 0.2) is 23.4 Å². The molecule has 1 aliphatic carbocycles. The Kier molecular flexibility index (Phi) is 3.54. The number of rotatable bonds is 3. The molecule has 0 heterocycles. The molecular formula is C11H10Cl2N2O2. The molecule has 0 unspecified atom stereocenters. The van der Waals surface area contributed by atoms with Crippen LogP contribution in [0.25, 0.3) is 0 Å². The SMILES string of the molecule is O=C(NC1CC1)c1cc(/C(Cl)=N/O)ccc1Cl. The number of halogens is 2. The van der Waals surface area contributed by atoms with E-state index in [9.17, 15) is 4.79 Å². The van der Waals surface area contributed by atoms with Crippen molar-refractivity contribution >= 4 is 34.3 Å². The van der Waals surface area contributed by atoms with E-state index < -0.39 is 0 Å². The van der Waals surface area contributed by atoms with Crippen molar-refractivity contribution in [3.63, 3.8) is 0 Å². The van der Waals surface area contributed by atoms with Crippen LogP contribution in [0.3, 0.4) is 0 Å². The molecule has 0 bridgehead atoms. The summed E-state index contributed by atoms with van der Waals surface area (Å²) in [5.41, 5.74) is 0.775. The fourth-order valence-electron chi connectivity index (χ4n) is 1.38. The van der Waals surface area contributed by atoms with Crippen molar-refractivity contribution in [3.8, 4) is 0 Å². The summed E-state index contributed by atoms with van der Waals surface area (Å²) in [6.07, 6.45) is 2.00. The van der Waals surface area contributed by atoms with Gasteiger partial charge in [0.1, 0.15) is 0 Å². The topological polar surface area (TPSA) is 61.7 Å². The molecular weight excluding hydrogens is 263 g/mol. The first kappa shape index (κ1) is 12.2. The Balaban J connectivity index is 2.27. The lowest BCUT2D eigenvalue weighted by atomic mass is 10.1. The van der Waals surface area contributed by atoms with E-state index in [1.54, 1.807) is 12.1 Å². The maximum absolute atomic E-state index is 11.8. The highest BCUT2D eigenvalue weighted by Crippen LogP contribution is 2.23. The van der Waals surface area contributed by atoms with E-state index in [1.807, 2.05) is 0 Å². The minimum atomic E-state index is -0.234. The van der Waals surface area contributed by atoms with Gasteiger partial charge >= 0.3 is 0 Å². The van der Waals surface area contributed by atoms with Gasteiger partial charge in [-0.2, -0.15) is 0 Å². The molecule has 0 atom stereocenters. The lowest BCUT2D eigenvalue weighted by Crippen LogP contribution is -2.25. The third-order valence-corrected chi connectivity index (χ3v) is 3.07. The number of carbonyl (C=O) groups excluding carboxylic acids is 1. The molecule has 1 amide bonds. The number of hydrogen-bond acceptors (Lipinski definition) is 3. The van der Waals surface area contributed by atoms with E-state index in [0.29, 0.717) is 16.1 Å². The molecule has 2 rings (SSSR count). The minimum Gasteiger partial charge on any atom is -0.410 e. The summed E-state index contributed by atoms with van der Waals surface area (Å²) in [4.78, 5) is 11.8. The molecule has 90 valence electrons. The van der Waals surface area contributed by atoms with Crippen LogP contribution in [-0.4, -0.2) is 22.3 Å². The Bertz CT molecular complexity index is 484. The second-order valence-electron chi connectivity index (χ2n) is 3.83. The van der Waals surface area contributed by atoms with Gasteiger partial charge < -0.3 is 10.5 Å². The molecule has 1 fully saturated rings. The number of oxime groups is 1. The summed E-state index contributed by atoms with van der Waals surface area (Å²) in [5.74, 6) is -0.234. The second-order valence-corrected chi connectivity index (χ2v) is 4.60. The summed E-state index contributed by atoms with van der Waals surface area (Å²) in [5, 5.41) is 14.5. The Hall–Kier alpha value is -1.26. The Morgan fingerprint density at radius 3 is 2.76 bits per heavy atom. The monoisotopic (exact) mass is 272 g/mol. The first-order valence-corrected chi connectivity index (χ1v) is 5.85. The Morgan fingerprint density at radius 2 is 2.18 bits per heavy atom. The van der Waals surface area contributed by atoms with Gasteiger partial charge in [-0.25, -0.2) is 0 Å². The molecule has 0 aliphatic heterocycles. The highest BCUT2D eigenvalue weighted by atomic mass is 35.5. The Labute approximate surface area is 108 Å². The van der Waals surface area contributed by atoms with Gasteiger partial charge in [-0.1, -0.05) is 34.4 Å². The van der Waals surface area contributed by atoms with Crippen LogP contribution in [0, 0.1) is 0 Å². The molecule has 6 heteroatoms. The van der Waals surface area contributed by atoms with Crippen molar-refractivity contribution in [2.24, 2.45) is 5.16 Å². The van der Waals surface area contributed by atoms with Crippen LogP contribution in [0.1, 0.15) is 28.8 Å². The molecule has 1 saturated carbocycles. The molecule has 0 aromatic heterocycles. The number of amides is 1. The third-order valence-electron chi connectivity index (χ3n) is 2.45. The molecule has 0 radical (unpaired) electrons. The maximum Gasteiger partial charge on any atom is 0.253 e. The lowest BCUT2D eigenvalue weighted by molar-refractivity contribution is 0.0951. The largest absolute Gasteiger partial charge is 0.410 e. The van der Waals surface area contributed by atoms with E-state index >= 15 is 0 Å². The first-order valence-electron chi connectivity index (χ1n) is 5.10. The quantitative estimate of drug-likeness (QED) is 0.505. The van der Waals surface area contributed by atoms with Gasteiger partial charge in [0.15, 0.2) is 5.17 Å². The molecule has 0 spiro atoms. The van der Waals surface area contributed by atoms with Gasteiger partial charge in [0, 0.05) is 11.6 Å². The molecule has 1 aromatic carbocycles. The van der Waals surface area contributed by atoms with Gasteiger partial charge in [-0.05, 0) is 25.0 Å². The van der Waals surface area contributed by atoms with Crippen LogP contribution in [0.2, 0.25) is 5.02 Å². The van der Waals surface area contributed by atoms with Crippen molar-refractivity contribution in [1.82, 2.24) is 5.32 Å². The molecule has 1 aromatic rings. The van der Waals surface area contributed by atoms with Crippen LogP contribution < -0.4 is 5.32 Å². The Morgan fingerprint density at radius 1 is 1.47 bits per heavy atom. The van der Waals surface area contributed by atoms with Gasteiger partial charge in [-0.15, -0.1) is 0 Å². The molecule has 0 saturated heterocycles. The summed E-state index contributed by atoms with van der Waals surface area (Å²) >= 11 is 11.6. The fraction of sp³-hybridized carbons (Fsp3) is 0.273. The van der Waals surface area contributed by atoms with E-state index in [2.05, 4.69) is 10.5 Å². The highest BCUT2D eigenvalue weighted by Gasteiger charge is 2.24. The predicted octanol–water partition coefficient (Wildman–Crippen LogP) is 2.61. The number of nitrogens with one attached hydrogen (secondary N) is 1. The minimum absolute atomic E-state index is 0.0814. The van der Waals surface area contributed by atoms with E-state index in [0.717, 1.165) is 12.8 Å². The zero-order chi connectivity index (χ0) is 12.4. The number of hydrogen-bond donors (Lipinski definition) is 2. The van der Waals surface area contributed by atoms with Gasteiger partial charge in [-0.3, -0.25) is 4.79 Å². The van der Waals surface area contributed by atoms with Crippen LogP contribution in [0.5, 0.6) is 0 Å². The fourth-order valence-corrected chi connectivity index (χ4v) is 1.70. The average molecular weight is 273 g/mol. The summed E-state index contributed by atoms with van der Waals surface area (Å²) in [6, 6.07) is 4.89. The number of carbonyl (C=O) groups is 1. The number of nitrogens with zero attached hydrogens (tertiary/aromatic N) is 1. The van der Waals surface area contributed by atoms with Gasteiger partial charge in [0.2, 0.25) is 0 Å².